The Kier molecular flexibility index (Phi) is 5.21. The Morgan fingerprint density at radius 2 is 2.29 bits per heavy atom. The van der Waals surface area contributed by atoms with E-state index in [1.807, 2.05) is 18.2 Å². The van der Waals surface area contributed by atoms with Crippen LogP contribution in [0.25, 0.3) is 0 Å². The van der Waals surface area contributed by atoms with Gasteiger partial charge in [-0.1, -0.05) is 6.07 Å². The number of likely N-dealkylation sites (N-methyl/N-ethyl adjacent to an activating group) is 1. The van der Waals surface area contributed by atoms with Gasteiger partial charge in [0.15, 0.2) is 0 Å². The van der Waals surface area contributed by atoms with Crippen LogP contribution in [0, 0.1) is 0 Å². The number of amides is 1. The summed E-state index contributed by atoms with van der Waals surface area (Å²) in [6, 6.07) is 5.91. The van der Waals surface area contributed by atoms with Crippen molar-refractivity contribution in [3.05, 3.63) is 40.6 Å². The van der Waals surface area contributed by atoms with Crippen molar-refractivity contribution < 1.29 is 9.53 Å². The van der Waals surface area contributed by atoms with Crippen LogP contribution in [-0.2, 0) is 17.9 Å². The van der Waals surface area contributed by atoms with Crippen LogP contribution in [0.1, 0.15) is 5.56 Å². The van der Waals surface area contributed by atoms with Gasteiger partial charge in [0, 0.05) is 19.8 Å². The van der Waals surface area contributed by atoms with Crippen LogP contribution in [0.2, 0.25) is 0 Å². The minimum atomic E-state index is -0.0799. The van der Waals surface area contributed by atoms with Crippen molar-refractivity contribution >= 4 is 27.5 Å². The molecule has 21 heavy (non-hydrogen) atoms. The van der Waals surface area contributed by atoms with Gasteiger partial charge in [-0.15, -0.1) is 0 Å². The third-order valence-corrected chi connectivity index (χ3v) is 3.55. The number of aromatic nitrogens is 2. The van der Waals surface area contributed by atoms with E-state index in [1.54, 1.807) is 31.2 Å². The molecule has 2 aromatic rings. The molecule has 0 bridgehead atoms. The van der Waals surface area contributed by atoms with Crippen molar-refractivity contribution in [2.24, 2.45) is 0 Å². The number of nitrogens with one attached hydrogen (secondary N) is 2. The average Bonchev–Trinajstić information content (AvgIpc) is 2.92. The first-order valence-electron chi connectivity index (χ1n) is 6.41. The van der Waals surface area contributed by atoms with E-state index in [4.69, 9.17) is 4.74 Å². The lowest BCUT2D eigenvalue weighted by atomic mass is 10.2. The molecule has 1 amide bonds. The van der Waals surface area contributed by atoms with Crippen LogP contribution in [-0.4, -0.2) is 29.8 Å². The van der Waals surface area contributed by atoms with Crippen LogP contribution >= 0.6 is 15.9 Å². The van der Waals surface area contributed by atoms with E-state index in [0.29, 0.717) is 6.54 Å². The first-order chi connectivity index (χ1) is 10.1. The molecule has 0 radical (unpaired) electrons. The van der Waals surface area contributed by atoms with Gasteiger partial charge in [-0.25, -0.2) is 0 Å². The molecule has 0 aliphatic heterocycles. The van der Waals surface area contributed by atoms with E-state index in [2.05, 4.69) is 31.7 Å². The minimum Gasteiger partial charge on any atom is -0.496 e. The maximum atomic E-state index is 11.3. The monoisotopic (exact) mass is 352 g/mol. The van der Waals surface area contributed by atoms with Gasteiger partial charge in [0.25, 0.3) is 0 Å². The maximum Gasteiger partial charge on any atom is 0.241 e. The molecule has 1 aromatic carbocycles. The van der Waals surface area contributed by atoms with Gasteiger partial charge >= 0.3 is 0 Å². The van der Waals surface area contributed by atoms with Crippen molar-refractivity contribution in [3.8, 4) is 5.75 Å². The standard InChI is InChI=1S/C14H17BrN4O2/c1-16-14(20)9-19-8-11(7-18-19)17-6-10-3-4-13(21-2)12(15)5-10/h3-5,7-8,17H,6,9H2,1-2H3,(H,16,20). The fraction of sp³-hybridized carbons (Fsp3) is 0.286. The third kappa shape index (κ3) is 4.22. The molecule has 1 aromatic heterocycles. The second-order valence-electron chi connectivity index (χ2n) is 4.42. The summed E-state index contributed by atoms with van der Waals surface area (Å²) < 4.78 is 7.70. The quantitative estimate of drug-likeness (QED) is 0.834. The van der Waals surface area contributed by atoms with Crippen molar-refractivity contribution in [1.82, 2.24) is 15.1 Å². The van der Waals surface area contributed by atoms with E-state index >= 15 is 0 Å². The molecule has 6 nitrogen and oxygen atoms in total. The molecule has 0 fully saturated rings. The minimum absolute atomic E-state index is 0.0799. The predicted molar refractivity (Wildman–Crippen MR) is 84.3 cm³/mol. The number of hydrogen-bond acceptors (Lipinski definition) is 4. The first kappa shape index (κ1) is 15.4. The summed E-state index contributed by atoms with van der Waals surface area (Å²) in [4.78, 5) is 11.3. The normalized spacial score (nSPS) is 10.2. The zero-order valence-electron chi connectivity index (χ0n) is 11.9. The highest BCUT2D eigenvalue weighted by molar-refractivity contribution is 9.10. The van der Waals surface area contributed by atoms with Gasteiger partial charge in [0.05, 0.1) is 23.5 Å². The Hall–Kier alpha value is -2.02. The lowest BCUT2D eigenvalue weighted by molar-refractivity contribution is -0.121. The molecular weight excluding hydrogens is 336 g/mol. The smallest absolute Gasteiger partial charge is 0.241 e. The largest absolute Gasteiger partial charge is 0.496 e. The van der Waals surface area contributed by atoms with Crippen LogP contribution in [0.3, 0.4) is 0 Å². The zero-order valence-corrected chi connectivity index (χ0v) is 13.5. The summed E-state index contributed by atoms with van der Waals surface area (Å²) in [5.41, 5.74) is 1.98. The number of nitrogens with zero attached hydrogens (tertiary/aromatic N) is 2. The number of halogens is 1. The topological polar surface area (TPSA) is 68.2 Å². The van der Waals surface area contributed by atoms with E-state index in [1.165, 1.54) is 0 Å². The lowest BCUT2D eigenvalue weighted by Gasteiger charge is -2.07. The number of methoxy groups -OCH3 is 1. The fourth-order valence-electron chi connectivity index (χ4n) is 1.79. The summed E-state index contributed by atoms with van der Waals surface area (Å²) >= 11 is 3.46. The Morgan fingerprint density at radius 3 is 2.95 bits per heavy atom. The van der Waals surface area contributed by atoms with Crippen molar-refractivity contribution in [3.63, 3.8) is 0 Å². The number of hydrogen-bond donors (Lipinski definition) is 2. The van der Waals surface area contributed by atoms with Gasteiger partial charge in [-0.3, -0.25) is 9.48 Å². The van der Waals surface area contributed by atoms with Gasteiger partial charge in [0.2, 0.25) is 5.91 Å². The number of carbonyl (C=O) groups is 1. The molecule has 0 aliphatic rings. The van der Waals surface area contributed by atoms with Gasteiger partial charge in [-0.2, -0.15) is 5.10 Å². The number of ether oxygens (including phenoxy) is 1. The van der Waals surface area contributed by atoms with Gasteiger partial charge in [0.1, 0.15) is 12.3 Å². The molecule has 0 saturated heterocycles. The molecule has 2 rings (SSSR count). The van der Waals surface area contributed by atoms with Crippen LogP contribution < -0.4 is 15.4 Å². The Labute approximate surface area is 131 Å². The molecule has 0 aliphatic carbocycles. The lowest BCUT2D eigenvalue weighted by Crippen LogP contribution is -2.23. The highest BCUT2D eigenvalue weighted by Crippen LogP contribution is 2.25. The second-order valence-corrected chi connectivity index (χ2v) is 5.28. The third-order valence-electron chi connectivity index (χ3n) is 2.93. The first-order valence-corrected chi connectivity index (χ1v) is 7.21. The molecule has 0 spiro atoms. The van der Waals surface area contributed by atoms with E-state index in [0.717, 1.165) is 21.5 Å². The van der Waals surface area contributed by atoms with Crippen LogP contribution in [0.15, 0.2) is 35.1 Å². The summed E-state index contributed by atoms with van der Waals surface area (Å²) in [7, 11) is 3.24. The molecule has 0 saturated carbocycles. The summed E-state index contributed by atoms with van der Waals surface area (Å²) in [6.45, 7) is 0.876. The molecule has 0 unspecified atom stereocenters. The van der Waals surface area contributed by atoms with E-state index in [9.17, 15) is 4.79 Å². The summed E-state index contributed by atoms with van der Waals surface area (Å²) in [5, 5.41) is 9.95. The van der Waals surface area contributed by atoms with Gasteiger partial charge < -0.3 is 15.4 Å². The molecule has 1 heterocycles. The summed E-state index contributed by atoms with van der Waals surface area (Å²) in [6.07, 6.45) is 3.50. The molecule has 2 N–H and O–H groups in total. The maximum absolute atomic E-state index is 11.3. The summed E-state index contributed by atoms with van der Waals surface area (Å²) in [5.74, 6) is 0.723. The fourth-order valence-corrected chi connectivity index (χ4v) is 2.38. The highest BCUT2D eigenvalue weighted by atomic mass is 79.9. The van der Waals surface area contributed by atoms with Crippen LogP contribution in [0.4, 0.5) is 5.69 Å². The van der Waals surface area contributed by atoms with Crippen LogP contribution in [0.5, 0.6) is 5.75 Å². The number of rotatable bonds is 6. The van der Waals surface area contributed by atoms with Crippen molar-refractivity contribution in [1.29, 1.82) is 0 Å². The number of benzene rings is 1. The Balaban J connectivity index is 1.94. The Morgan fingerprint density at radius 1 is 1.48 bits per heavy atom. The molecule has 112 valence electrons. The predicted octanol–water partition coefficient (Wildman–Crippen LogP) is 2.01. The Bertz CT molecular complexity index is 627. The van der Waals surface area contributed by atoms with Crippen molar-refractivity contribution in [2.75, 3.05) is 19.5 Å². The molecular formula is C14H17BrN4O2. The zero-order chi connectivity index (χ0) is 15.2. The van der Waals surface area contributed by atoms with E-state index in [-0.39, 0.29) is 12.5 Å². The van der Waals surface area contributed by atoms with E-state index < -0.39 is 0 Å². The SMILES string of the molecule is CNC(=O)Cn1cc(NCc2ccc(OC)c(Br)c2)cn1. The molecule has 0 atom stereocenters. The highest BCUT2D eigenvalue weighted by Gasteiger charge is 2.04. The van der Waals surface area contributed by atoms with Crippen molar-refractivity contribution in [2.45, 2.75) is 13.1 Å². The number of carbonyl (C=O) groups excluding carboxylic acids is 1. The second kappa shape index (κ2) is 7.12. The number of anilines is 1. The molecule has 7 heteroatoms. The van der Waals surface area contributed by atoms with Gasteiger partial charge in [-0.05, 0) is 33.6 Å². The average molecular weight is 353 g/mol.